The van der Waals surface area contributed by atoms with Crippen LogP contribution >= 0.6 is 22.9 Å². The standard InChI is InChI=1S/C17H21ClN6O2S/c1-11(15(25)20-16-22-21-12(2)27-16)19-17(26)24-9-7-23(8-10-24)14-5-3-13(18)4-6-14/h3-6,11H,7-10H2,1-2H3,(H,19,26)(H,20,22,25)/t11-/m0/s1. The number of hydrogen-bond acceptors (Lipinski definition) is 6. The molecule has 1 fully saturated rings. The van der Waals surface area contributed by atoms with E-state index in [1.54, 1.807) is 11.8 Å². The highest BCUT2D eigenvalue weighted by Gasteiger charge is 2.24. The number of aryl methyl sites for hydroxylation is 1. The highest BCUT2D eigenvalue weighted by atomic mass is 35.5. The van der Waals surface area contributed by atoms with Crippen LogP contribution in [-0.2, 0) is 4.79 Å². The van der Waals surface area contributed by atoms with E-state index in [4.69, 9.17) is 11.6 Å². The zero-order valence-corrected chi connectivity index (χ0v) is 16.7. The molecule has 2 aromatic rings. The van der Waals surface area contributed by atoms with Crippen molar-refractivity contribution in [2.75, 3.05) is 36.4 Å². The second kappa shape index (κ2) is 8.53. The lowest BCUT2D eigenvalue weighted by molar-refractivity contribution is -0.117. The van der Waals surface area contributed by atoms with Crippen LogP contribution in [0.2, 0.25) is 5.02 Å². The Labute approximate surface area is 166 Å². The molecule has 144 valence electrons. The van der Waals surface area contributed by atoms with Crippen molar-refractivity contribution in [3.05, 3.63) is 34.3 Å². The lowest BCUT2D eigenvalue weighted by atomic mass is 10.2. The first-order chi connectivity index (χ1) is 12.9. The van der Waals surface area contributed by atoms with Crippen LogP contribution < -0.4 is 15.5 Å². The van der Waals surface area contributed by atoms with E-state index < -0.39 is 6.04 Å². The molecule has 2 heterocycles. The summed E-state index contributed by atoms with van der Waals surface area (Å²) in [6.45, 7) is 6.06. The summed E-state index contributed by atoms with van der Waals surface area (Å²) in [5.74, 6) is -0.320. The molecular formula is C17H21ClN6O2S. The maximum Gasteiger partial charge on any atom is 0.318 e. The summed E-state index contributed by atoms with van der Waals surface area (Å²) in [5.41, 5.74) is 1.08. The molecule has 27 heavy (non-hydrogen) atoms. The Bertz CT molecular complexity index is 804. The minimum Gasteiger partial charge on any atom is -0.368 e. The normalized spacial score (nSPS) is 15.4. The molecule has 0 radical (unpaired) electrons. The van der Waals surface area contributed by atoms with E-state index in [2.05, 4.69) is 25.7 Å². The van der Waals surface area contributed by atoms with Crippen LogP contribution in [0.1, 0.15) is 11.9 Å². The fourth-order valence-corrected chi connectivity index (χ4v) is 3.44. The zero-order valence-electron chi connectivity index (χ0n) is 15.1. The third-order valence-corrected chi connectivity index (χ3v) is 5.25. The topological polar surface area (TPSA) is 90.5 Å². The summed E-state index contributed by atoms with van der Waals surface area (Å²) in [7, 11) is 0. The smallest absolute Gasteiger partial charge is 0.318 e. The minimum atomic E-state index is -0.670. The Balaban J connectivity index is 1.47. The van der Waals surface area contributed by atoms with Crippen LogP contribution in [0.25, 0.3) is 0 Å². The molecule has 1 aromatic carbocycles. The van der Waals surface area contributed by atoms with Gasteiger partial charge in [-0.3, -0.25) is 10.1 Å². The van der Waals surface area contributed by atoms with E-state index in [0.29, 0.717) is 23.2 Å². The number of aromatic nitrogens is 2. The van der Waals surface area contributed by atoms with Crippen molar-refractivity contribution in [1.29, 1.82) is 0 Å². The number of nitrogens with one attached hydrogen (secondary N) is 2. The van der Waals surface area contributed by atoms with E-state index in [1.807, 2.05) is 31.2 Å². The first kappa shape index (κ1) is 19.4. The monoisotopic (exact) mass is 408 g/mol. The van der Waals surface area contributed by atoms with Crippen molar-refractivity contribution in [2.24, 2.45) is 0 Å². The molecule has 0 bridgehead atoms. The number of benzene rings is 1. The van der Waals surface area contributed by atoms with Crippen LogP contribution in [0.15, 0.2) is 24.3 Å². The first-order valence-corrected chi connectivity index (χ1v) is 9.79. The summed E-state index contributed by atoms with van der Waals surface area (Å²) in [6, 6.07) is 6.74. The molecule has 3 amide bonds. The Morgan fingerprint density at radius 2 is 1.81 bits per heavy atom. The number of carbonyl (C=O) groups excluding carboxylic acids is 2. The number of anilines is 2. The summed E-state index contributed by atoms with van der Waals surface area (Å²) in [5, 5.41) is 15.0. The number of urea groups is 1. The highest BCUT2D eigenvalue weighted by molar-refractivity contribution is 7.15. The summed E-state index contributed by atoms with van der Waals surface area (Å²) < 4.78 is 0. The molecule has 1 aliphatic rings. The molecule has 1 saturated heterocycles. The molecule has 1 aromatic heterocycles. The van der Waals surface area contributed by atoms with E-state index in [-0.39, 0.29) is 11.9 Å². The average Bonchev–Trinajstić information content (AvgIpc) is 3.07. The van der Waals surface area contributed by atoms with Crippen LogP contribution in [-0.4, -0.2) is 59.3 Å². The number of piperazine rings is 1. The van der Waals surface area contributed by atoms with Gasteiger partial charge in [0.15, 0.2) is 0 Å². The molecule has 0 saturated carbocycles. The summed E-state index contributed by atoms with van der Waals surface area (Å²) in [6.07, 6.45) is 0. The average molecular weight is 409 g/mol. The predicted molar refractivity (Wildman–Crippen MR) is 107 cm³/mol. The molecule has 0 aliphatic carbocycles. The van der Waals surface area contributed by atoms with E-state index in [0.717, 1.165) is 23.8 Å². The van der Waals surface area contributed by atoms with Gasteiger partial charge < -0.3 is 15.1 Å². The molecule has 2 N–H and O–H groups in total. The number of nitrogens with zero attached hydrogens (tertiary/aromatic N) is 4. The number of rotatable bonds is 4. The van der Waals surface area contributed by atoms with Crippen molar-refractivity contribution >= 4 is 45.7 Å². The molecule has 10 heteroatoms. The molecular weight excluding hydrogens is 388 g/mol. The summed E-state index contributed by atoms with van der Waals surface area (Å²) >= 11 is 7.21. The number of carbonyl (C=O) groups is 2. The van der Waals surface area contributed by atoms with E-state index in [1.165, 1.54) is 11.3 Å². The maximum atomic E-state index is 12.4. The number of halogens is 1. The Morgan fingerprint density at radius 1 is 1.15 bits per heavy atom. The highest BCUT2D eigenvalue weighted by Crippen LogP contribution is 2.19. The molecule has 1 aliphatic heterocycles. The van der Waals surface area contributed by atoms with Crippen LogP contribution in [0.4, 0.5) is 15.6 Å². The molecule has 1 atom stereocenters. The maximum absolute atomic E-state index is 12.4. The summed E-state index contributed by atoms with van der Waals surface area (Å²) in [4.78, 5) is 28.5. The quantitative estimate of drug-likeness (QED) is 0.810. The van der Waals surface area contributed by atoms with Gasteiger partial charge in [-0.1, -0.05) is 22.9 Å². The van der Waals surface area contributed by atoms with Crippen molar-refractivity contribution in [2.45, 2.75) is 19.9 Å². The second-order valence-corrected chi connectivity index (χ2v) is 7.86. The van der Waals surface area contributed by atoms with Gasteiger partial charge >= 0.3 is 6.03 Å². The van der Waals surface area contributed by atoms with E-state index >= 15 is 0 Å². The second-order valence-electron chi connectivity index (χ2n) is 6.24. The van der Waals surface area contributed by atoms with Gasteiger partial charge in [0.1, 0.15) is 11.0 Å². The van der Waals surface area contributed by atoms with Gasteiger partial charge in [0.25, 0.3) is 0 Å². The largest absolute Gasteiger partial charge is 0.368 e. The molecule has 0 unspecified atom stereocenters. The van der Waals surface area contributed by atoms with Gasteiger partial charge in [0.05, 0.1) is 0 Å². The van der Waals surface area contributed by atoms with Crippen molar-refractivity contribution in [1.82, 2.24) is 20.4 Å². The van der Waals surface area contributed by atoms with Gasteiger partial charge in [0.2, 0.25) is 11.0 Å². The van der Waals surface area contributed by atoms with Crippen LogP contribution in [0.5, 0.6) is 0 Å². The van der Waals surface area contributed by atoms with Gasteiger partial charge in [-0.25, -0.2) is 4.79 Å². The van der Waals surface area contributed by atoms with Gasteiger partial charge in [-0.05, 0) is 38.1 Å². The van der Waals surface area contributed by atoms with Gasteiger partial charge in [-0.2, -0.15) is 0 Å². The lowest BCUT2D eigenvalue weighted by Gasteiger charge is -2.36. The van der Waals surface area contributed by atoms with E-state index in [9.17, 15) is 9.59 Å². The SMILES string of the molecule is Cc1nnc(NC(=O)[C@H](C)NC(=O)N2CCN(c3ccc(Cl)cc3)CC2)s1. The zero-order chi connectivity index (χ0) is 19.4. The minimum absolute atomic E-state index is 0.248. The third kappa shape index (κ3) is 5.08. The van der Waals surface area contributed by atoms with Crippen molar-refractivity contribution in [3.8, 4) is 0 Å². The predicted octanol–water partition coefficient (Wildman–Crippen LogP) is 2.36. The molecule has 8 nitrogen and oxygen atoms in total. The van der Waals surface area contributed by atoms with Crippen LogP contribution in [0.3, 0.4) is 0 Å². The van der Waals surface area contributed by atoms with Crippen molar-refractivity contribution < 1.29 is 9.59 Å². The van der Waals surface area contributed by atoms with Crippen LogP contribution in [0, 0.1) is 6.92 Å². The fourth-order valence-electron chi connectivity index (χ4n) is 2.72. The Morgan fingerprint density at radius 3 is 2.41 bits per heavy atom. The molecule has 0 spiro atoms. The number of amides is 3. The third-order valence-electron chi connectivity index (χ3n) is 4.25. The molecule has 3 rings (SSSR count). The van der Waals surface area contributed by atoms with Crippen molar-refractivity contribution in [3.63, 3.8) is 0 Å². The Kier molecular flexibility index (Phi) is 6.12. The number of hydrogen-bond donors (Lipinski definition) is 2. The van der Waals surface area contributed by atoms with Gasteiger partial charge in [-0.15, -0.1) is 10.2 Å². The Hall–Kier alpha value is -2.39. The van der Waals surface area contributed by atoms with Gasteiger partial charge in [0, 0.05) is 36.9 Å². The first-order valence-electron chi connectivity index (χ1n) is 8.59. The lowest BCUT2D eigenvalue weighted by Crippen LogP contribution is -2.54. The fraction of sp³-hybridized carbons (Fsp3) is 0.412.